The molecular formula is C15H16ClFO4. The zero-order valence-electron chi connectivity index (χ0n) is 12.0. The molecule has 1 aromatic rings. The van der Waals surface area contributed by atoms with E-state index >= 15 is 0 Å². The summed E-state index contributed by atoms with van der Waals surface area (Å²) in [6.07, 6.45) is 0. The zero-order valence-corrected chi connectivity index (χ0v) is 12.8. The topological polar surface area (TPSA) is 52.6 Å². The Kier molecular flexibility index (Phi) is 6.37. The van der Waals surface area contributed by atoms with Gasteiger partial charge in [0.05, 0.1) is 18.2 Å². The van der Waals surface area contributed by atoms with Gasteiger partial charge in [-0.3, -0.25) is 0 Å². The highest BCUT2D eigenvalue weighted by atomic mass is 35.5. The Morgan fingerprint density at radius 1 is 1.14 bits per heavy atom. The molecule has 0 radical (unpaired) electrons. The number of carbonyl (C=O) groups is 2. The molecule has 0 fully saturated rings. The summed E-state index contributed by atoms with van der Waals surface area (Å²) in [5.74, 6) is -2.10. The smallest absolute Gasteiger partial charge is 0.345 e. The van der Waals surface area contributed by atoms with Crippen molar-refractivity contribution in [3.05, 3.63) is 40.2 Å². The monoisotopic (exact) mass is 314 g/mol. The molecule has 0 N–H and O–H groups in total. The minimum Gasteiger partial charge on any atom is -0.462 e. The van der Waals surface area contributed by atoms with Crippen molar-refractivity contribution in [1.82, 2.24) is 0 Å². The summed E-state index contributed by atoms with van der Waals surface area (Å²) < 4.78 is 22.8. The van der Waals surface area contributed by atoms with Crippen molar-refractivity contribution < 1.29 is 23.5 Å². The van der Waals surface area contributed by atoms with E-state index in [0.717, 1.165) is 6.07 Å². The standard InChI is InChI=1S/C15H16ClFO4/c1-4-20-14(18)13(15(19)21-5-2)9(3)11-7-6-10(17)8-12(11)16/h6-8H,4-5H2,1-3H3. The van der Waals surface area contributed by atoms with Gasteiger partial charge in [-0.15, -0.1) is 0 Å². The van der Waals surface area contributed by atoms with Gasteiger partial charge in [0, 0.05) is 0 Å². The summed E-state index contributed by atoms with van der Waals surface area (Å²) in [7, 11) is 0. The maximum atomic E-state index is 13.1. The highest BCUT2D eigenvalue weighted by molar-refractivity contribution is 6.33. The number of hydrogen-bond acceptors (Lipinski definition) is 4. The lowest BCUT2D eigenvalue weighted by Gasteiger charge is -2.12. The largest absolute Gasteiger partial charge is 0.462 e. The maximum absolute atomic E-state index is 13.1. The molecule has 0 saturated heterocycles. The van der Waals surface area contributed by atoms with Crippen molar-refractivity contribution in [2.24, 2.45) is 0 Å². The Labute approximate surface area is 127 Å². The van der Waals surface area contributed by atoms with Crippen LogP contribution in [0.15, 0.2) is 23.8 Å². The zero-order chi connectivity index (χ0) is 16.0. The number of benzene rings is 1. The van der Waals surface area contributed by atoms with Crippen LogP contribution in [0, 0.1) is 5.82 Å². The first-order valence-electron chi connectivity index (χ1n) is 6.42. The predicted octanol–water partition coefficient (Wildman–Crippen LogP) is 3.38. The van der Waals surface area contributed by atoms with Crippen molar-refractivity contribution >= 4 is 29.1 Å². The molecule has 0 aliphatic carbocycles. The average Bonchev–Trinajstić information content (AvgIpc) is 2.39. The van der Waals surface area contributed by atoms with Gasteiger partial charge >= 0.3 is 11.9 Å². The maximum Gasteiger partial charge on any atom is 0.345 e. The number of esters is 2. The Morgan fingerprint density at radius 2 is 1.67 bits per heavy atom. The van der Waals surface area contributed by atoms with Crippen LogP contribution in [0.4, 0.5) is 4.39 Å². The number of ether oxygens (including phenoxy) is 2. The molecule has 0 aliphatic heterocycles. The van der Waals surface area contributed by atoms with Crippen LogP contribution in [0.2, 0.25) is 5.02 Å². The summed E-state index contributed by atoms with van der Waals surface area (Å²) >= 11 is 5.95. The van der Waals surface area contributed by atoms with Gasteiger partial charge in [0.25, 0.3) is 0 Å². The predicted molar refractivity (Wildman–Crippen MR) is 77.3 cm³/mol. The molecule has 1 rings (SSSR count). The van der Waals surface area contributed by atoms with Gasteiger partial charge in [-0.25, -0.2) is 14.0 Å². The van der Waals surface area contributed by atoms with Gasteiger partial charge in [-0.05, 0) is 44.0 Å². The minimum atomic E-state index is -0.797. The first kappa shape index (κ1) is 17.2. The molecule has 4 nitrogen and oxygen atoms in total. The van der Waals surface area contributed by atoms with Gasteiger partial charge in [0.2, 0.25) is 0 Å². The lowest BCUT2D eigenvalue weighted by Crippen LogP contribution is -2.20. The van der Waals surface area contributed by atoms with E-state index < -0.39 is 17.8 Å². The van der Waals surface area contributed by atoms with E-state index in [1.165, 1.54) is 19.1 Å². The molecule has 0 atom stereocenters. The van der Waals surface area contributed by atoms with E-state index in [9.17, 15) is 14.0 Å². The van der Waals surface area contributed by atoms with Gasteiger partial charge in [0.15, 0.2) is 0 Å². The molecule has 0 saturated carbocycles. The van der Waals surface area contributed by atoms with Crippen LogP contribution in [0.1, 0.15) is 26.3 Å². The third-order valence-corrected chi connectivity index (χ3v) is 2.98. The fourth-order valence-electron chi connectivity index (χ4n) is 1.72. The van der Waals surface area contributed by atoms with Gasteiger partial charge in [0.1, 0.15) is 11.4 Å². The third-order valence-electron chi connectivity index (χ3n) is 2.67. The van der Waals surface area contributed by atoms with E-state index in [-0.39, 0.29) is 29.4 Å². The van der Waals surface area contributed by atoms with E-state index in [1.54, 1.807) is 13.8 Å². The van der Waals surface area contributed by atoms with Crippen LogP contribution >= 0.6 is 11.6 Å². The van der Waals surface area contributed by atoms with Crippen LogP contribution in [0.5, 0.6) is 0 Å². The Morgan fingerprint density at radius 3 is 2.10 bits per heavy atom. The van der Waals surface area contributed by atoms with Crippen molar-refractivity contribution in [2.45, 2.75) is 20.8 Å². The van der Waals surface area contributed by atoms with Gasteiger partial charge in [-0.2, -0.15) is 0 Å². The molecule has 1 aromatic carbocycles. The summed E-state index contributed by atoms with van der Waals surface area (Å²) in [6.45, 7) is 5.02. The molecule has 0 bridgehead atoms. The van der Waals surface area contributed by atoms with Crippen molar-refractivity contribution in [3.63, 3.8) is 0 Å². The first-order valence-corrected chi connectivity index (χ1v) is 6.80. The molecule has 21 heavy (non-hydrogen) atoms. The van der Waals surface area contributed by atoms with E-state index in [2.05, 4.69) is 0 Å². The summed E-state index contributed by atoms with van der Waals surface area (Å²) in [5.41, 5.74) is 0.401. The second kappa shape index (κ2) is 7.78. The van der Waals surface area contributed by atoms with Crippen molar-refractivity contribution in [3.8, 4) is 0 Å². The Hall–Kier alpha value is -1.88. The molecular weight excluding hydrogens is 299 g/mol. The average molecular weight is 315 g/mol. The summed E-state index contributed by atoms with van der Waals surface area (Å²) in [6, 6.07) is 3.69. The molecule has 0 amide bonds. The van der Waals surface area contributed by atoms with Gasteiger partial charge in [-0.1, -0.05) is 17.7 Å². The van der Waals surface area contributed by atoms with Gasteiger partial charge < -0.3 is 9.47 Å². The number of allylic oxidation sites excluding steroid dienone is 1. The summed E-state index contributed by atoms with van der Waals surface area (Å²) in [5, 5.41) is 0.0959. The highest BCUT2D eigenvalue weighted by Gasteiger charge is 2.25. The Bertz CT molecular complexity index is 561. The lowest BCUT2D eigenvalue weighted by molar-refractivity contribution is -0.146. The SMILES string of the molecule is CCOC(=O)C(C(=O)OCC)=C(C)c1ccc(F)cc1Cl. The molecule has 114 valence electrons. The quantitative estimate of drug-likeness (QED) is 0.362. The van der Waals surface area contributed by atoms with Crippen LogP contribution in [0.3, 0.4) is 0 Å². The number of carbonyl (C=O) groups excluding carboxylic acids is 2. The molecule has 0 unspecified atom stereocenters. The molecule has 0 aliphatic rings. The van der Waals surface area contributed by atoms with Crippen molar-refractivity contribution in [2.75, 3.05) is 13.2 Å². The lowest BCUT2D eigenvalue weighted by atomic mass is 10.0. The molecule has 6 heteroatoms. The molecule has 0 spiro atoms. The van der Waals surface area contributed by atoms with Crippen LogP contribution in [-0.2, 0) is 19.1 Å². The van der Waals surface area contributed by atoms with Crippen LogP contribution in [0.25, 0.3) is 5.57 Å². The normalized spacial score (nSPS) is 9.95. The fourth-order valence-corrected chi connectivity index (χ4v) is 2.03. The Balaban J connectivity index is 3.37. The minimum absolute atomic E-state index is 0.0959. The first-order chi connectivity index (χ1) is 9.92. The van der Waals surface area contributed by atoms with E-state index in [4.69, 9.17) is 21.1 Å². The second-order valence-electron chi connectivity index (χ2n) is 4.07. The number of rotatable bonds is 5. The third kappa shape index (κ3) is 4.29. The van der Waals surface area contributed by atoms with Crippen LogP contribution < -0.4 is 0 Å². The van der Waals surface area contributed by atoms with E-state index in [0.29, 0.717) is 5.56 Å². The molecule has 0 heterocycles. The number of hydrogen-bond donors (Lipinski definition) is 0. The summed E-state index contributed by atoms with van der Waals surface area (Å²) in [4.78, 5) is 23.9. The van der Waals surface area contributed by atoms with E-state index in [1.807, 2.05) is 0 Å². The fraction of sp³-hybridized carbons (Fsp3) is 0.333. The van der Waals surface area contributed by atoms with Crippen molar-refractivity contribution in [1.29, 1.82) is 0 Å². The van der Waals surface area contributed by atoms with Crippen LogP contribution in [-0.4, -0.2) is 25.2 Å². The second-order valence-corrected chi connectivity index (χ2v) is 4.47. The number of halogens is 2. The molecule has 0 aromatic heterocycles. The highest BCUT2D eigenvalue weighted by Crippen LogP contribution is 2.28.